The van der Waals surface area contributed by atoms with Gasteiger partial charge in [0.25, 0.3) is 0 Å². The molecule has 2 unspecified atom stereocenters. The number of hydrogen-bond donors (Lipinski definition) is 1. The Kier molecular flexibility index (Phi) is 7.16. The van der Waals surface area contributed by atoms with Gasteiger partial charge in [-0.05, 0) is 37.1 Å². The Hall–Kier alpha value is -2.70. The van der Waals surface area contributed by atoms with Crippen LogP contribution >= 0.6 is 0 Å². The standard InChI is InChI=1S/C25H31F3N6O2S/c1-16-17(4-3-5-19(16)25(26,27)28)12-22-21(15-32-7-6-18(14-32)37(2)35)30-24-20(29)13-23(31-34(22)24)33-8-10-36-11-9-33/h3-5,13,18H,6-12,14-15,29H2,1-2H3. The van der Waals surface area contributed by atoms with Gasteiger partial charge in [-0.2, -0.15) is 13.2 Å². The van der Waals surface area contributed by atoms with Gasteiger partial charge in [-0.15, -0.1) is 5.10 Å². The molecule has 2 N–H and O–H groups in total. The molecule has 0 radical (unpaired) electrons. The molecule has 2 fully saturated rings. The topological polar surface area (TPSA) is 89.0 Å². The van der Waals surface area contributed by atoms with Gasteiger partial charge in [0.15, 0.2) is 11.5 Å². The molecule has 2 aliphatic rings. The first-order valence-corrected chi connectivity index (χ1v) is 13.9. The van der Waals surface area contributed by atoms with Crippen LogP contribution < -0.4 is 10.6 Å². The van der Waals surface area contributed by atoms with Crippen molar-refractivity contribution in [2.45, 2.75) is 37.7 Å². The Morgan fingerprint density at radius 1 is 1.22 bits per heavy atom. The third-order valence-corrected chi connectivity index (χ3v) is 8.62. The molecular weight excluding hydrogens is 505 g/mol. The molecule has 8 nitrogen and oxygen atoms in total. The minimum atomic E-state index is -4.44. The van der Waals surface area contributed by atoms with E-state index in [1.807, 2.05) is 0 Å². The number of hydrogen-bond acceptors (Lipinski definition) is 7. The van der Waals surface area contributed by atoms with Crippen molar-refractivity contribution in [3.05, 3.63) is 52.3 Å². The summed E-state index contributed by atoms with van der Waals surface area (Å²) in [7, 11) is -0.917. The number of fused-ring (bicyclic) bond motifs is 1. The molecule has 2 saturated heterocycles. The Morgan fingerprint density at radius 2 is 1.97 bits per heavy atom. The van der Waals surface area contributed by atoms with E-state index in [0.29, 0.717) is 67.8 Å². The van der Waals surface area contributed by atoms with Gasteiger partial charge in [0.2, 0.25) is 0 Å². The quantitative estimate of drug-likeness (QED) is 0.518. The average molecular weight is 537 g/mol. The summed E-state index contributed by atoms with van der Waals surface area (Å²) < 4.78 is 60.1. The number of rotatable bonds is 6. The molecule has 0 saturated carbocycles. The Labute approximate surface area is 216 Å². The lowest BCUT2D eigenvalue weighted by Gasteiger charge is -2.28. The van der Waals surface area contributed by atoms with Gasteiger partial charge in [0, 0.05) is 61.0 Å². The monoisotopic (exact) mass is 536 g/mol. The summed E-state index contributed by atoms with van der Waals surface area (Å²) in [4.78, 5) is 9.09. The fourth-order valence-electron chi connectivity index (χ4n) is 5.16. The first-order chi connectivity index (χ1) is 17.6. The fraction of sp³-hybridized carbons (Fsp3) is 0.520. The van der Waals surface area contributed by atoms with Crippen LogP contribution in [0.15, 0.2) is 24.3 Å². The van der Waals surface area contributed by atoms with Crippen molar-refractivity contribution in [1.82, 2.24) is 19.5 Å². The van der Waals surface area contributed by atoms with Gasteiger partial charge in [-0.1, -0.05) is 12.1 Å². The molecule has 0 bridgehead atoms. The van der Waals surface area contributed by atoms with Crippen LogP contribution in [0.25, 0.3) is 5.65 Å². The third-order valence-electron chi connectivity index (χ3n) is 7.29. The summed E-state index contributed by atoms with van der Waals surface area (Å²) in [6, 6.07) is 6.06. The molecule has 2 aliphatic heterocycles. The van der Waals surface area contributed by atoms with Crippen molar-refractivity contribution in [2.24, 2.45) is 0 Å². The number of nitrogen functional groups attached to an aromatic ring is 1. The van der Waals surface area contributed by atoms with Crippen LogP contribution in [-0.2, 0) is 34.7 Å². The van der Waals surface area contributed by atoms with E-state index < -0.39 is 22.5 Å². The lowest BCUT2D eigenvalue weighted by molar-refractivity contribution is -0.138. The van der Waals surface area contributed by atoms with E-state index in [4.69, 9.17) is 20.6 Å². The van der Waals surface area contributed by atoms with Gasteiger partial charge in [-0.25, -0.2) is 9.50 Å². The van der Waals surface area contributed by atoms with Crippen molar-refractivity contribution in [1.29, 1.82) is 0 Å². The second kappa shape index (κ2) is 10.2. The Morgan fingerprint density at radius 3 is 2.65 bits per heavy atom. The Balaban J connectivity index is 1.58. The zero-order valence-electron chi connectivity index (χ0n) is 20.9. The molecule has 5 rings (SSSR count). The Bertz CT molecular complexity index is 1320. The van der Waals surface area contributed by atoms with E-state index in [0.717, 1.165) is 24.7 Å². The maximum Gasteiger partial charge on any atom is 0.416 e. The van der Waals surface area contributed by atoms with Crippen LogP contribution in [0.3, 0.4) is 0 Å². The van der Waals surface area contributed by atoms with Crippen LogP contribution in [0.5, 0.6) is 0 Å². The number of benzene rings is 1. The van der Waals surface area contributed by atoms with Gasteiger partial charge in [-0.3, -0.25) is 9.11 Å². The summed E-state index contributed by atoms with van der Waals surface area (Å²) in [5.41, 5.74) is 8.92. The molecule has 200 valence electrons. The second-order valence-corrected chi connectivity index (χ2v) is 11.4. The molecule has 4 heterocycles. The molecule has 0 aliphatic carbocycles. The number of halogens is 3. The number of aromatic nitrogens is 3. The first kappa shape index (κ1) is 25.9. The van der Waals surface area contributed by atoms with Gasteiger partial charge in [0.05, 0.1) is 35.9 Å². The maximum atomic E-state index is 13.6. The SMILES string of the molecule is Cc1c(Cc2c(CN3CCC(S(C)=O)C3)nc3c(N)cc(N4CCOCC4)nn23)cccc1C(F)(F)F. The van der Waals surface area contributed by atoms with E-state index >= 15 is 0 Å². The van der Waals surface area contributed by atoms with Crippen LogP contribution in [0.4, 0.5) is 24.7 Å². The number of anilines is 2. The van der Waals surface area contributed by atoms with E-state index in [1.54, 1.807) is 22.9 Å². The summed E-state index contributed by atoms with van der Waals surface area (Å²) in [5.74, 6) is 0.682. The largest absolute Gasteiger partial charge is 0.416 e. The molecule has 3 aromatic rings. The van der Waals surface area contributed by atoms with Gasteiger partial charge < -0.3 is 15.4 Å². The predicted molar refractivity (Wildman–Crippen MR) is 137 cm³/mol. The lowest BCUT2D eigenvalue weighted by Crippen LogP contribution is -2.37. The van der Waals surface area contributed by atoms with Crippen LogP contribution in [0.2, 0.25) is 0 Å². The number of nitrogens with two attached hydrogens (primary N) is 1. The highest BCUT2D eigenvalue weighted by Gasteiger charge is 2.33. The van der Waals surface area contributed by atoms with E-state index in [2.05, 4.69) is 9.80 Å². The molecule has 12 heteroatoms. The van der Waals surface area contributed by atoms with E-state index in [9.17, 15) is 17.4 Å². The number of imidazole rings is 1. The molecular formula is C25H31F3N6O2S. The number of nitrogens with zero attached hydrogens (tertiary/aromatic N) is 5. The van der Waals surface area contributed by atoms with Gasteiger partial charge >= 0.3 is 6.18 Å². The summed E-state index contributed by atoms with van der Waals surface area (Å²) >= 11 is 0. The highest BCUT2D eigenvalue weighted by atomic mass is 32.2. The van der Waals surface area contributed by atoms with E-state index in [-0.39, 0.29) is 17.2 Å². The number of morpholine rings is 1. The third kappa shape index (κ3) is 5.32. The highest BCUT2D eigenvalue weighted by Crippen LogP contribution is 2.34. The minimum absolute atomic E-state index is 0.0994. The van der Waals surface area contributed by atoms with Crippen LogP contribution in [0, 0.1) is 6.92 Å². The van der Waals surface area contributed by atoms with Crippen molar-refractivity contribution >= 4 is 28.0 Å². The van der Waals surface area contributed by atoms with Crippen molar-refractivity contribution < 1.29 is 22.1 Å². The summed E-state index contributed by atoms with van der Waals surface area (Å²) in [6.07, 6.45) is -1.66. The number of ether oxygens (including phenoxy) is 1. The van der Waals surface area contributed by atoms with Crippen LogP contribution in [0.1, 0.15) is 34.5 Å². The number of alkyl halides is 3. The average Bonchev–Trinajstić information content (AvgIpc) is 3.46. The second-order valence-electron chi connectivity index (χ2n) is 9.71. The molecule has 1 aromatic carbocycles. The molecule has 0 spiro atoms. The molecule has 2 aromatic heterocycles. The van der Waals surface area contributed by atoms with Crippen molar-refractivity contribution in [3.63, 3.8) is 0 Å². The minimum Gasteiger partial charge on any atom is -0.396 e. The zero-order chi connectivity index (χ0) is 26.3. The summed E-state index contributed by atoms with van der Waals surface area (Å²) in [5, 5.41) is 4.95. The molecule has 37 heavy (non-hydrogen) atoms. The normalized spacial score (nSPS) is 20.1. The molecule has 0 amide bonds. The van der Waals surface area contributed by atoms with Gasteiger partial charge in [0.1, 0.15) is 0 Å². The fourth-order valence-corrected chi connectivity index (χ4v) is 6.01. The predicted octanol–water partition coefficient (Wildman–Crippen LogP) is 3.02. The van der Waals surface area contributed by atoms with Crippen molar-refractivity contribution in [3.8, 4) is 0 Å². The zero-order valence-corrected chi connectivity index (χ0v) is 21.7. The van der Waals surface area contributed by atoms with E-state index in [1.165, 1.54) is 13.0 Å². The lowest BCUT2D eigenvalue weighted by atomic mass is 9.98. The highest BCUT2D eigenvalue weighted by molar-refractivity contribution is 7.84. The first-order valence-electron chi connectivity index (χ1n) is 12.3. The molecule has 2 atom stereocenters. The van der Waals surface area contributed by atoms with Crippen molar-refractivity contribution in [2.75, 3.05) is 56.3 Å². The van der Waals surface area contributed by atoms with Crippen LogP contribution in [-0.4, -0.2) is 74.6 Å². The maximum absolute atomic E-state index is 13.6. The number of likely N-dealkylation sites (tertiary alicyclic amines) is 1. The summed E-state index contributed by atoms with van der Waals surface area (Å²) in [6.45, 7) is 5.96. The smallest absolute Gasteiger partial charge is 0.396 e.